The van der Waals surface area contributed by atoms with E-state index >= 15 is 4.11 Å². The van der Waals surface area contributed by atoms with Crippen LogP contribution >= 0.6 is 0 Å². The van der Waals surface area contributed by atoms with E-state index in [4.69, 9.17) is 4.74 Å². The fourth-order valence-corrected chi connectivity index (χ4v) is 9.94. The number of benzene rings is 3. The standard InChI is InChI=1S/C36H40FN5O4Si/c1-5-19-42-31-17-16-27(38-34(44)26-14-10-7-11-15-26)21-29(31)36(35(42)45)24(2)33(47(3,4)37)32(46-36)18-20-41-22-30(39-40-41)28(23-43)25-12-8-6-9-13-25/h5-17,21-22,24,28,32-33,43H,1,18-20,23H2,2-4H3,(H,38,44)/t24-,28?,32+,33-,36+/m1/s1. The average molecular weight is 654 g/mol. The summed E-state index contributed by atoms with van der Waals surface area (Å²) >= 11 is 0. The van der Waals surface area contributed by atoms with Crippen molar-refractivity contribution in [3.8, 4) is 0 Å². The molecule has 4 aromatic rings. The van der Waals surface area contributed by atoms with E-state index in [1.807, 2.05) is 49.4 Å². The van der Waals surface area contributed by atoms with Gasteiger partial charge in [-0.15, -0.1) is 11.7 Å². The predicted octanol–water partition coefficient (Wildman–Crippen LogP) is 6.05. The van der Waals surface area contributed by atoms with Crippen LogP contribution in [-0.4, -0.2) is 59.6 Å². The number of ether oxygens (including phenoxy) is 1. The van der Waals surface area contributed by atoms with Crippen LogP contribution < -0.4 is 10.2 Å². The van der Waals surface area contributed by atoms with Gasteiger partial charge in [-0.25, -0.2) is 0 Å². The van der Waals surface area contributed by atoms with Gasteiger partial charge in [-0.1, -0.05) is 66.7 Å². The Morgan fingerprint density at radius 1 is 1.15 bits per heavy atom. The van der Waals surface area contributed by atoms with Crippen LogP contribution in [0, 0.1) is 5.92 Å². The molecule has 3 aromatic carbocycles. The molecule has 0 saturated carbocycles. The van der Waals surface area contributed by atoms with E-state index in [9.17, 15) is 14.7 Å². The van der Waals surface area contributed by atoms with E-state index in [1.54, 1.807) is 71.3 Å². The molecule has 0 radical (unpaired) electrons. The van der Waals surface area contributed by atoms with Crippen LogP contribution in [0.15, 0.2) is 97.7 Å². The second-order valence-electron chi connectivity index (χ2n) is 12.9. The minimum absolute atomic E-state index is 0.116. The number of aryl methyl sites for hydroxylation is 1. The Bertz CT molecular complexity index is 1760. The lowest BCUT2D eigenvalue weighted by Crippen LogP contribution is -2.45. The van der Waals surface area contributed by atoms with E-state index < -0.39 is 31.6 Å². The van der Waals surface area contributed by atoms with Gasteiger partial charge >= 0.3 is 0 Å². The van der Waals surface area contributed by atoms with Crippen LogP contribution in [0.2, 0.25) is 18.6 Å². The number of aliphatic hydroxyl groups excluding tert-OH is 1. The Hall–Kier alpha value is -4.45. The number of carbonyl (C=O) groups excluding carboxylic acids is 2. The number of hydrogen-bond donors (Lipinski definition) is 2. The molecule has 3 heterocycles. The summed E-state index contributed by atoms with van der Waals surface area (Å²) in [4.78, 5) is 29.0. The molecule has 244 valence electrons. The normalized spacial score (nSPS) is 22.8. The smallest absolute Gasteiger partial charge is 0.264 e. The van der Waals surface area contributed by atoms with Crippen molar-refractivity contribution in [1.82, 2.24) is 15.0 Å². The van der Waals surface area contributed by atoms with Crippen LogP contribution in [0.5, 0.6) is 0 Å². The maximum Gasteiger partial charge on any atom is 0.264 e. The van der Waals surface area contributed by atoms with Gasteiger partial charge in [0.2, 0.25) is 8.41 Å². The zero-order chi connectivity index (χ0) is 33.3. The molecular weight excluding hydrogens is 614 g/mol. The summed E-state index contributed by atoms with van der Waals surface area (Å²) in [5.41, 5.74) is 1.95. The van der Waals surface area contributed by atoms with Crippen molar-refractivity contribution in [3.63, 3.8) is 0 Å². The van der Waals surface area contributed by atoms with Gasteiger partial charge in [-0.2, -0.15) is 0 Å². The summed E-state index contributed by atoms with van der Waals surface area (Å²) in [6.45, 7) is 9.63. The van der Waals surface area contributed by atoms with Crippen LogP contribution in [0.3, 0.4) is 0 Å². The fourth-order valence-electron chi connectivity index (χ4n) is 7.39. The van der Waals surface area contributed by atoms with Crippen molar-refractivity contribution >= 4 is 31.6 Å². The van der Waals surface area contributed by atoms with Gasteiger partial charge in [0.25, 0.3) is 11.8 Å². The molecule has 0 aliphatic carbocycles. The first-order chi connectivity index (χ1) is 22.6. The number of nitrogens with zero attached hydrogens (tertiary/aromatic N) is 4. The molecule has 2 N–H and O–H groups in total. The maximum absolute atomic E-state index is 16.3. The summed E-state index contributed by atoms with van der Waals surface area (Å²) < 4.78 is 24.8. The molecule has 2 amide bonds. The molecule has 5 atom stereocenters. The second kappa shape index (κ2) is 13.0. The number of aliphatic hydroxyl groups is 1. The second-order valence-corrected chi connectivity index (χ2v) is 16.7. The Morgan fingerprint density at radius 2 is 1.85 bits per heavy atom. The SMILES string of the molecule is C=CCN1C(=O)[C@@]2(O[C@@H](CCn3cc(C(CO)c4ccccc4)nn3)[C@H]([Si](C)(C)F)[C@H]2C)c2cc(NC(=O)c3ccccc3)ccc21. The third kappa shape index (κ3) is 5.94. The van der Waals surface area contributed by atoms with E-state index in [1.165, 1.54) is 0 Å². The Kier molecular flexibility index (Phi) is 8.97. The highest BCUT2D eigenvalue weighted by molar-refractivity contribution is 6.72. The number of nitrogens with one attached hydrogen (secondary N) is 1. The average Bonchev–Trinajstić information content (AvgIpc) is 3.72. The molecule has 2 aliphatic rings. The number of halogens is 1. The lowest BCUT2D eigenvalue weighted by atomic mass is 9.82. The summed E-state index contributed by atoms with van der Waals surface area (Å²) in [5.74, 6) is -1.33. The van der Waals surface area contributed by atoms with Crippen molar-refractivity contribution in [3.05, 3.63) is 120 Å². The van der Waals surface area contributed by atoms with E-state index in [0.29, 0.717) is 41.2 Å². The van der Waals surface area contributed by atoms with Gasteiger partial charge in [0.1, 0.15) is 0 Å². The molecule has 2 aliphatic heterocycles. The number of aromatic nitrogens is 3. The first-order valence-electron chi connectivity index (χ1n) is 15.9. The highest BCUT2D eigenvalue weighted by Crippen LogP contribution is 2.60. The maximum atomic E-state index is 16.3. The zero-order valence-electron chi connectivity index (χ0n) is 26.8. The molecule has 47 heavy (non-hydrogen) atoms. The number of hydrogen-bond acceptors (Lipinski definition) is 6. The lowest BCUT2D eigenvalue weighted by Gasteiger charge is -2.31. The number of carbonyl (C=O) groups is 2. The van der Waals surface area contributed by atoms with Gasteiger partial charge in [0, 0.05) is 47.6 Å². The van der Waals surface area contributed by atoms with Gasteiger partial charge in [0.15, 0.2) is 5.60 Å². The minimum atomic E-state index is -3.38. The summed E-state index contributed by atoms with van der Waals surface area (Å²) in [7, 11) is -3.38. The topological polar surface area (TPSA) is 110 Å². The molecule has 9 nitrogen and oxygen atoms in total. The predicted molar refractivity (Wildman–Crippen MR) is 181 cm³/mol. The molecule has 6 rings (SSSR count). The first-order valence-corrected chi connectivity index (χ1v) is 18.9. The third-order valence-corrected chi connectivity index (χ3v) is 12.0. The lowest BCUT2D eigenvalue weighted by molar-refractivity contribution is -0.145. The number of fused-ring (bicyclic) bond motifs is 2. The quantitative estimate of drug-likeness (QED) is 0.116. The third-order valence-electron chi connectivity index (χ3n) is 9.51. The highest BCUT2D eigenvalue weighted by Gasteiger charge is 2.66. The van der Waals surface area contributed by atoms with Gasteiger partial charge in [-0.05, 0) is 55.4 Å². The van der Waals surface area contributed by atoms with Crippen molar-refractivity contribution in [2.75, 3.05) is 23.4 Å². The number of rotatable bonds is 11. The minimum Gasteiger partial charge on any atom is -0.395 e. The molecule has 1 aromatic heterocycles. The Morgan fingerprint density at radius 3 is 2.51 bits per heavy atom. The van der Waals surface area contributed by atoms with E-state index in [0.717, 1.165) is 5.56 Å². The van der Waals surface area contributed by atoms with Crippen molar-refractivity contribution in [1.29, 1.82) is 0 Å². The van der Waals surface area contributed by atoms with Crippen LogP contribution in [-0.2, 0) is 21.7 Å². The van der Waals surface area contributed by atoms with Crippen molar-refractivity contribution in [2.45, 2.75) is 56.1 Å². The first kappa shape index (κ1) is 32.5. The van der Waals surface area contributed by atoms with Crippen molar-refractivity contribution in [2.24, 2.45) is 5.92 Å². The largest absolute Gasteiger partial charge is 0.395 e. The molecule has 11 heteroatoms. The summed E-state index contributed by atoms with van der Waals surface area (Å²) in [6.07, 6.45) is 3.29. The van der Waals surface area contributed by atoms with Crippen LogP contribution in [0.1, 0.15) is 46.4 Å². The monoisotopic (exact) mass is 653 g/mol. The molecule has 1 saturated heterocycles. The summed E-state index contributed by atoms with van der Waals surface area (Å²) in [6, 6.07) is 23.9. The Balaban J connectivity index is 1.30. The molecule has 1 spiro atoms. The molecule has 1 fully saturated rings. The number of anilines is 2. The summed E-state index contributed by atoms with van der Waals surface area (Å²) in [5, 5.41) is 21.7. The van der Waals surface area contributed by atoms with Crippen LogP contribution in [0.4, 0.5) is 15.5 Å². The van der Waals surface area contributed by atoms with Gasteiger partial charge in [-0.3, -0.25) is 14.3 Å². The number of amides is 2. The van der Waals surface area contributed by atoms with Crippen LogP contribution in [0.25, 0.3) is 0 Å². The molecule has 0 bridgehead atoms. The molecule has 1 unspecified atom stereocenters. The fraction of sp³-hybridized carbons (Fsp3) is 0.333. The van der Waals surface area contributed by atoms with E-state index in [2.05, 4.69) is 22.2 Å². The van der Waals surface area contributed by atoms with Gasteiger partial charge < -0.3 is 24.2 Å². The van der Waals surface area contributed by atoms with E-state index in [-0.39, 0.29) is 30.9 Å². The highest BCUT2D eigenvalue weighted by atomic mass is 28.4. The Labute approximate surface area is 275 Å². The zero-order valence-corrected chi connectivity index (χ0v) is 27.8. The van der Waals surface area contributed by atoms with Gasteiger partial charge in [0.05, 0.1) is 30.0 Å². The molecular formula is C36H40FN5O4Si. The van der Waals surface area contributed by atoms with Crippen molar-refractivity contribution < 1.29 is 23.5 Å².